The molecule has 5 nitrogen and oxygen atoms in total. The summed E-state index contributed by atoms with van der Waals surface area (Å²) in [6.07, 6.45) is 4.17. The third-order valence-corrected chi connectivity index (χ3v) is 6.08. The van der Waals surface area contributed by atoms with Crippen LogP contribution < -0.4 is 10.1 Å². The Balaban J connectivity index is 1.75. The summed E-state index contributed by atoms with van der Waals surface area (Å²) in [6.45, 7) is 2.14. The Labute approximate surface area is 126 Å². The van der Waals surface area contributed by atoms with Crippen LogP contribution in [-0.2, 0) is 16.4 Å². The van der Waals surface area contributed by atoms with Crippen LogP contribution in [0.3, 0.4) is 0 Å². The smallest absolute Gasteiger partial charge is 0.242 e. The highest BCUT2D eigenvalue weighted by Gasteiger charge is 2.26. The number of benzene rings is 1. The van der Waals surface area contributed by atoms with E-state index < -0.39 is 10.0 Å². The molecular weight excluding hydrogens is 288 g/mol. The molecule has 0 amide bonds. The van der Waals surface area contributed by atoms with Gasteiger partial charge in [0.1, 0.15) is 5.75 Å². The van der Waals surface area contributed by atoms with E-state index in [1.807, 2.05) is 0 Å². The molecule has 116 valence electrons. The standard InChI is InChI=1S/C15H22N2O3S/c1-17(11-13-4-2-3-8-16-13)21(18,19)14-5-6-15-12(10-14)7-9-20-15/h5-6,10,13,16H,2-4,7-9,11H2,1H3. The largest absolute Gasteiger partial charge is 0.493 e. The normalized spacial score (nSPS) is 22.1. The maximum absolute atomic E-state index is 12.7. The van der Waals surface area contributed by atoms with Crippen molar-refractivity contribution in [3.8, 4) is 5.75 Å². The molecular formula is C15H22N2O3S. The van der Waals surface area contributed by atoms with Crippen molar-refractivity contribution in [3.05, 3.63) is 23.8 Å². The topological polar surface area (TPSA) is 58.6 Å². The van der Waals surface area contributed by atoms with E-state index in [2.05, 4.69) is 5.32 Å². The molecule has 1 atom stereocenters. The van der Waals surface area contributed by atoms with Crippen LogP contribution >= 0.6 is 0 Å². The van der Waals surface area contributed by atoms with Crippen molar-refractivity contribution in [2.45, 2.75) is 36.6 Å². The molecule has 0 saturated carbocycles. The Kier molecular flexibility index (Phi) is 4.19. The van der Waals surface area contributed by atoms with Crippen molar-refractivity contribution in [2.24, 2.45) is 0 Å². The van der Waals surface area contributed by atoms with Gasteiger partial charge in [-0.1, -0.05) is 6.42 Å². The minimum absolute atomic E-state index is 0.260. The third-order valence-electron chi connectivity index (χ3n) is 4.26. The molecule has 2 aliphatic rings. The SMILES string of the molecule is CN(CC1CCCCN1)S(=O)(=O)c1ccc2c(c1)CCO2. The van der Waals surface area contributed by atoms with Gasteiger partial charge >= 0.3 is 0 Å². The monoisotopic (exact) mass is 310 g/mol. The van der Waals surface area contributed by atoms with Crippen LogP contribution in [0, 0.1) is 0 Å². The number of ether oxygens (including phenoxy) is 1. The van der Waals surface area contributed by atoms with Crippen LogP contribution in [0.1, 0.15) is 24.8 Å². The molecule has 1 saturated heterocycles. The number of piperidine rings is 1. The lowest BCUT2D eigenvalue weighted by atomic mass is 10.1. The Bertz CT molecular complexity index is 609. The van der Waals surface area contributed by atoms with Crippen LogP contribution in [0.25, 0.3) is 0 Å². The average molecular weight is 310 g/mol. The minimum Gasteiger partial charge on any atom is -0.493 e. The molecule has 0 radical (unpaired) electrons. The third kappa shape index (κ3) is 3.07. The molecule has 2 aliphatic heterocycles. The molecule has 1 aromatic carbocycles. The summed E-state index contributed by atoms with van der Waals surface area (Å²) in [7, 11) is -1.76. The number of rotatable bonds is 4. The lowest BCUT2D eigenvalue weighted by molar-refractivity contribution is 0.337. The summed E-state index contributed by atoms with van der Waals surface area (Å²) in [5.74, 6) is 0.811. The van der Waals surface area contributed by atoms with Gasteiger partial charge in [-0.3, -0.25) is 0 Å². The quantitative estimate of drug-likeness (QED) is 0.913. The Morgan fingerprint density at radius 2 is 2.24 bits per heavy atom. The van der Waals surface area contributed by atoms with Crippen molar-refractivity contribution in [2.75, 3.05) is 26.7 Å². The second-order valence-electron chi connectivity index (χ2n) is 5.80. The van der Waals surface area contributed by atoms with Crippen LogP contribution in [0.4, 0.5) is 0 Å². The number of fused-ring (bicyclic) bond motifs is 1. The summed E-state index contributed by atoms with van der Waals surface area (Å²) in [6, 6.07) is 5.42. The zero-order valence-corrected chi connectivity index (χ0v) is 13.2. The van der Waals surface area contributed by atoms with E-state index in [1.165, 1.54) is 17.1 Å². The van der Waals surface area contributed by atoms with Crippen LogP contribution in [0.5, 0.6) is 5.75 Å². The van der Waals surface area contributed by atoms with E-state index in [9.17, 15) is 8.42 Å². The fourth-order valence-electron chi connectivity index (χ4n) is 2.99. The zero-order valence-electron chi connectivity index (χ0n) is 12.3. The van der Waals surface area contributed by atoms with Gasteiger partial charge in [-0.15, -0.1) is 0 Å². The maximum Gasteiger partial charge on any atom is 0.242 e. The van der Waals surface area contributed by atoms with Crippen molar-refractivity contribution >= 4 is 10.0 Å². The predicted octanol–water partition coefficient (Wildman–Crippen LogP) is 1.38. The molecule has 0 aromatic heterocycles. The van der Waals surface area contributed by atoms with Crippen molar-refractivity contribution in [1.29, 1.82) is 0 Å². The van der Waals surface area contributed by atoms with Gasteiger partial charge in [-0.2, -0.15) is 4.31 Å². The van der Waals surface area contributed by atoms with Gasteiger partial charge < -0.3 is 10.1 Å². The number of hydrogen-bond donors (Lipinski definition) is 1. The molecule has 1 fully saturated rings. The summed E-state index contributed by atoms with van der Waals surface area (Å²) >= 11 is 0. The second kappa shape index (κ2) is 5.94. The van der Waals surface area contributed by atoms with Crippen LogP contribution in [0.15, 0.2) is 23.1 Å². The zero-order chi connectivity index (χ0) is 14.9. The minimum atomic E-state index is -3.42. The van der Waals surface area contributed by atoms with E-state index >= 15 is 0 Å². The fourth-order valence-corrected chi connectivity index (χ4v) is 4.26. The van der Waals surface area contributed by atoms with E-state index in [0.29, 0.717) is 18.0 Å². The molecule has 2 heterocycles. The van der Waals surface area contributed by atoms with E-state index in [4.69, 9.17) is 4.74 Å². The number of nitrogens with one attached hydrogen (secondary N) is 1. The molecule has 6 heteroatoms. The van der Waals surface area contributed by atoms with Gasteiger partial charge in [-0.25, -0.2) is 8.42 Å². The van der Waals surface area contributed by atoms with Gasteiger partial charge in [0.15, 0.2) is 0 Å². The number of nitrogens with zero attached hydrogens (tertiary/aromatic N) is 1. The van der Waals surface area contributed by atoms with E-state index in [-0.39, 0.29) is 6.04 Å². The fraction of sp³-hybridized carbons (Fsp3) is 0.600. The van der Waals surface area contributed by atoms with E-state index in [1.54, 1.807) is 25.2 Å². The predicted molar refractivity (Wildman–Crippen MR) is 81.1 cm³/mol. The summed E-state index contributed by atoms with van der Waals surface area (Å²) < 4.78 is 32.2. The highest BCUT2D eigenvalue weighted by Crippen LogP contribution is 2.28. The molecule has 0 spiro atoms. The Morgan fingerprint density at radius 3 is 3.00 bits per heavy atom. The van der Waals surface area contributed by atoms with Gasteiger partial charge in [0, 0.05) is 26.1 Å². The number of sulfonamides is 1. The molecule has 1 aromatic rings. The molecule has 0 aliphatic carbocycles. The second-order valence-corrected chi connectivity index (χ2v) is 7.85. The highest BCUT2D eigenvalue weighted by molar-refractivity contribution is 7.89. The molecule has 3 rings (SSSR count). The first-order valence-corrected chi connectivity index (χ1v) is 8.97. The molecule has 1 unspecified atom stereocenters. The molecule has 1 N–H and O–H groups in total. The van der Waals surface area contributed by atoms with E-state index in [0.717, 1.165) is 30.7 Å². The summed E-state index contributed by atoms with van der Waals surface area (Å²) in [5, 5.41) is 3.39. The average Bonchev–Trinajstić information content (AvgIpc) is 2.95. The molecule has 0 bridgehead atoms. The van der Waals surface area contributed by atoms with Crippen LogP contribution in [0.2, 0.25) is 0 Å². The maximum atomic E-state index is 12.7. The van der Waals surface area contributed by atoms with Gasteiger partial charge in [0.25, 0.3) is 0 Å². The van der Waals surface area contributed by atoms with Crippen molar-refractivity contribution < 1.29 is 13.2 Å². The lowest BCUT2D eigenvalue weighted by Gasteiger charge is -2.27. The van der Waals surface area contributed by atoms with Gasteiger partial charge in [0.2, 0.25) is 10.0 Å². The first kappa shape index (κ1) is 14.8. The Hall–Kier alpha value is -1.11. The summed E-state index contributed by atoms with van der Waals surface area (Å²) in [4.78, 5) is 0.366. The molecule has 21 heavy (non-hydrogen) atoms. The van der Waals surface area contributed by atoms with Gasteiger partial charge in [-0.05, 0) is 43.1 Å². The number of likely N-dealkylation sites (N-methyl/N-ethyl adjacent to an activating group) is 1. The first-order chi connectivity index (χ1) is 10.1. The van der Waals surface area contributed by atoms with Crippen LogP contribution in [-0.4, -0.2) is 45.5 Å². The summed E-state index contributed by atoms with van der Waals surface area (Å²) in [5.41, 5.74) is 0.986. The Morgan fingerprint density at radius 1 is 1.38 bits per heavy atom. The highest BCUT2D eigenvalue weighted by atomic mass is 32.2. The lowest BCUT2D eigenvalue weighted by Crippen LogP contribution is -2.44. The first-order valence-electron chi connectivity index (χ1n) is 7.53. The number of hydrogen-bond acceptors (Lipinski definition) is 4. The van der Waals surface area contributed by atoms with Gasteiger partial charge in [0.05, 0.1) is 11.5 Å². The van der Waals surface area contributed by atoms with Crippen molar-refractivity contribution in [3.63, 3.8) is 0 Å². The van der Waals surface area contributed by atoms with Crippen molar-refractivity contribution in [1.82, 2.24) is 9.62 Å².